The number of carbonyl (C=O) groups is 2. The van der Waals surface area contributed by atoms with E-state index in [1.807, 2.05) is 0 Å². The number of ether oxygens (including phenoxy) is 1. The number of aliphatic hydroxyl groups is 1. The van der Waals surface area contributed by atoms with Gasteiger partial charge >= 0.3 is 5.97 Å². The predicted octanol–water partition coefficient (Wildman–Crippen LogP) is 1.20. The number of rotatable bonds is 1. The van der Waals surface area contributed by atoms with Gasteiger partial charge in [0.2, 0.25) is 5.60 Å². The third kappa shape index (κ3) is 2.78. The molecular weight excluding hydrogens is 196 g/mol. The first-order valence-electron chi connectivity index (χ1n) is 5.25. The van der Waals surface area contributed by atoms with Crippen LogP contribution >= 0.6 is 0 Å². The Morgan fingerprint density at radius 2 is 2.00 bits per heavy atom. The summed E-state index contributed by atoms with van der Waals surface area (Å²) in [5.41, 5.74) is -2.57. The van der Waals surface area contributed by atoms with Crippen LogP contribution in [0.3, 0.4) is 0 Å². The van der Waals surface area contributed by atoms with Gasteiger partial charge in [-0.15, -0.1) is 0 Å². The molecule has 1 aliphatic rings. The quantitative estimate of drug-likeness (QED) is 0.526. The lowest BCUT2D eigenvalue weighted by atomic mass is 9.83. The predicted molar refractivity (Wildman–Crippen MR) is 54.3 cm³/mol. The summed E-state index contributed by atoms with van der Waals surface area (Å²) >= 11 is 0. The van der Waals surface area contributed by atoms with E-state index in [1.54, 1.807) is 20.8 Å². The maximum Gasteiger partial charge on any atom is 0.346 e. The van der Waals surface area contributed by atoms with Crippen molar-refractivity contribution in [3.63, 3.8) is 0 Å². The summed E-state index contributed by atoms with van der Waals surface area (Å²) in [7, 11) is 0. The van der Waals surface area contributed by atoms with Crippen molar-refractivity contribution in [2.24, 2.45) is 0 Å². The van der Waals surface area contributed by atoms with Crippen molar-refractivity contribution in [2.45, 2.75) is 57.7 Å². The molecule has 0 aromatic heterocycles. The Morgan fingerprint density at radius 1 is 1.40 bits per heavy atom. The Labute approximate surface area is 89.6 Å². The first-order valence-corrected chi connectivity index (χ1v) is 5.25. The minimum Gasteiger partial charge on any atom is -0.457 e. The van der Waals surface area contributed by atoms with E-state index < -0.39 is 23.0 Å². The van der Waals surface area contributed by atoms with Crippen LogP contribution in [0.15, 0.2) is 0 Å². The second-order valence-corrected chi connectivity index (χ2v) is 4.99. The number of Topliss-reactive ketones (excluding diaryl/α,β-unsaturated/α-hetero) is 1. The SMILES string of the molecule is CC(C)(C)OC(=O)[C@@]1(O)CCCCC1=O. The summed E-state index contributed by atoms with van der Waals surface area (Å²) in [4.78, 5) is 23.1. The average Bonchev–Trinajstić information content (AvgIpc) is 2.07. The lowest BCUT2D eigenvalue weighted by Gasteiger charge is -2.31. The van der Waals surface area contributed by atoms with Crippen LogP contribution < -0.4 is 0 Å². The number of hydrogen-bond acceptors (Lipinski definition) is 4. The monoisotopic (exact) mass is 214 g/mol. The molecule has 0 unspecified atom stereocenters. The second kappa shape index (κ2) is 3.93. The largest absolute Gasteiger partial charge is 0.457 e. The van der Waals surface area contributed by atoms with Crippen LogP contribution in [-0.4, -0.2) is 28.1 Å². The molecule has 1 saturated carbocycles. The summed E-state index contributed by atoms with van der Waals surface area (Å²) in [5.74, 6) is -1.22. The molecule has 0 heterocycles. The summed E-state index contributed by atoms with van der Waals surface area (Å²) in [6.45, 7) is 5.13. The van der Waals surface area contributed by atoms with E-state index in [-0.39, 0.29) is 12.8 Å². The van der Waals surface area contributed by atoms with Gasteiger partial charge in [-0.05, 0) is 40.0 Å². The minimum atomic E-state index is -1.90. The Hall–Kier alpha value is -0.900. The fourth-order valence-corrected chi connectivity index (χ4v) is 1.59. The van der Waals surface area contributed by atoms with Crippen molar-refractivity contribution in [2.75, 3.05) is 0 Å². The molecule has 0 bridgehead atoms. The standard InChI is InChI=1S/C11H18O4/c1-10(2,3)15-9(13)11(14)7-5-4-6-8(11)12/h14H,4-7H2,1-3H3/t11-/m1/s1. The van der Waals surface area contributed by atoms with Crippen molar-refractivity contribution >= 4 is 11.8 Å². The molecule has 0 saturated heterocycles. The first-order chi connectivity index (χ1) is 6.76. The molecule has 1 rings (SSSR count). The van der Waals surface area contributed by atoms with Gasteiger partial charge in [-0.25, -0.2) is 4.79 Å². The minimum absolute atomic E-state index is 0.181. The van der Waals surface area contributed by atoms with Crippen LogP contribution in [0.25, 0.3) is 0 Å². The summed E-state index contributed by atoms with van der Waals surface area (Å²) < 4.78 is 5.04. The van der Waals surface area contributed by atoms with Crippen LogP contribution in [0.5, 0.6) is 0 Å². The zero-order chi connectivity index (χ0) is 11.7. The highest BCUT2D eigenvalue weighted by Gasteiger charge is 2.47. The Kier molecular flexibility index (Phi) is 3.19. The Bertz CT molecular complexity index is 277. The smallest absolute Gasteiger partial charge is 0.346 e. The van der Waals surface area contributed by atoms with Crippen LogP contribution in [0.2, 0.25) is 0 Å². The van der Waals surface area contributed by atoms with Crippen LogP contribution in [0.1, 0.15) is 46.5 Å². The summed E-state index contributed by atoms with van der Waals surface area (Å²) in [6, 6.07) is 0. The van der Waals surface area contributed by atoms with Gasteiger partial charge in [0.15, 0.2) is 5.78 Å². The highest BCUT2D eigenvalue weighted by molar-refractivity contribution is 6.07. The maximum atomic E-state index is 11.7. The molecule has 0 aliphatic heterocycles. The van der Waals surface area contributed by atoms with Crippen molar-refractivity contribution in [1.29, 1.82) is 0 Å². The Balaban J connectivity index is 2.76. The van der Waals surface area contributed by atoms with Gasteiger partial charge in [0.05, 0.1) is 0 Å². The summed E-state index contributed by atoms with van der Waals surface area (Å²) in [6.07, 6.45) is 1.86. The lowest BCUT2D eigenvalue weighted by molar-refractivity contribution is -0.182. The molecule has 4 heteroatoms. The van der Waals surface area contributed by atoms with Crippen molar-refractivity contribution in [1.82, 2.24) is 0 Å². The van der Waals surface area contributed by atoms with Crippen molar-refractivity contribution in [3.05, 3.63) is 0 Å². The van der Waals surface area contributed by atoms with E-state index in [2.05, 4.69) is 0 Å². The number of hydrogen-bond donors (Lipinski definition) is 1. The first kappa shape index (κ1) is 12.2. The third-order valence-electron chi connectivity index (χ3n) is 2.39. The van der Waals surface area contributed by atoms with Crippen molar-refractivity contribution in [3.8, 4) is 0 Å². The number of carbonyl (C=O) groups excluding carboxylic acids is 2. The van der Waals surface area contributed by atoms with Gasteiger partial charge in [-0.1, -0.05) is 0 Å². The highest BCUT2D eigenvalue weighted by Crippen LogP contribution is 2.27. The second-order valence-electron chi connectivity index (χ2n) is 4.99. The van der Waals surface area contributed by atoms with Gasteiger partial charge in [0.1, 0.15) is 5.60 Å². The molecule has 4 nitrogen and oxygen atoms in total. The zero-order valence-electron chi connectivity index (χ0n) is 9.50. The normalized spacial score (nSPS) is 27.6. The van der Waals surface area contributed by atoms with E-state index in [1.165, 1.54) is 0 Å². The van der Waals surface area contributed by atoms with Gasteiger partial charge in [-0.2, -0.15) is 0 Å². The van der Waals surface area contributed by atoms with Gasteiger partial charge < -0.3 is 9.84 Å². The van der Waals surface area contributed by atoms with Gasteiger partial charge in [0, 0.05) is 6.42 Å². The molecule has 0 aromatic carbocycles. The van der Waals surface area contributed by atoms with Gasteiger partial charge in [-0.3, -0.25) is 4.79 Å². The maximum absolute atomic E-state index is 11.7. The molecule has 0 spiro atoms. The van der Waals surface area contributed by atoms with Gasteiger partial charge in [0.25, 0.3) is 0 Å². The van der Waals surface area contributed by atoms with E-state index >= 15 is 0 Å². The molecule has 1 fully saturated rings. The molecule has 1 N–H and O–H groups in total. The van der Waals surface area contributed by atoms with Crippen molar-refractivity contribution < 1.29 is 19.4 Å². The third-order valence-corrected chi connectivity index (χ3v) is 2.39. The lowest BCUT2D eigenvalue weighted by Crippen LogP contribution is -2.51. The highest BCUT2D eigenvalue weighted by atomic mass is 16.6. The van der Waals surface area contributed by atoms with E-state index in [0.717, 1.165) is 6.42 Å². The fraction of sp³-hybridized carbons (Fsp3) is 0.818. The molecule has 86 valence electrons. The summed E-state index contributed by atoms with van der Waals surface area (Å²) in [5, 5.41) is 9.95. The molecular formula is C11H18O4. The molecule has 15 heavy (non-hydrogen) atoms. The van der Waals surface area contributed by atoms with Crippen LogP contribution in [0.4, 0.5) is 0 Å². The molecule has 1 atom stereocenters. The molecule has 1 aliphatic carbocycles. The Morgan fingerprint density at radius 3 is 2.47 bits per heavy atom. The molecule has 0 amide bonds. The van der Waals surface area contributed by atoms with Crippen LogP contribution in [-0.2, 0) is 14.3 Å². The van der Waals surface area contributed by atoms with E-state index in [9.17, 15) is 14.7 Å². The fourth-order valence-electron chi connectivity index (χ4n) is 1.59. The number of esters is 1. The van der Waals surface area contributed by atoms with E-state index in [0.29, 0.717) is 6.42 Å². The van der Waals surface area contributed by atoms with E-state index in [4.69, 9.17) is 4.74 Å². The zero-order valence-corrected chi connectivity index (χ0v) is 9.50. The molecule has 0 aromatic rings. The van der Waals surface area contributed by atoms with Crippen LogP contribution in [0, 0.1) is 0 Å². The molecule has 0 radical (unpaired) electrons. The number of ketones is 1. The average molecular weight is 214 g/mol. The topological polar surface area (TPSA) is 63.6 Å².